The Kier molecular flexibility index (Phi) is 2.89. The molecule has 2 fully saturated rings. The molecule has 2 nitrogen and oxygen atoms in total. The van der Waals surface area contributed by atoms with Crippen molar-refractivity contribution in [2.24, 2.45) is 11.7 Å². The molecule has 0 aromatic carbocycles. The number of likely N-dealkylation sites (tertiary alicyclic amines) is 1. The van der Waals surface area contributed by atoms with Crippen molar-refractivity contribution >= 4 is 0 Å². The van der Waals surface area contributed by atoms with Crippen molar-refractivity contribution in [3.63, 3.8) is 0 Å². The van der Waals surface area contributed by atoms with Gasteiger partial charge in [-0.2, -0.15) is 0 Å². The first-order valence-electron chi connectivity index (χ1n) is 5.81. The second-order valence-corrected chi connectivity index (χ2v) is 4.70. The SMILES string of the molecule is CCC1CCCN1CC(N)C1CC1. The van der Waals surface area contributed by atoms with Gasteiger partial charge in [-0.05, 0) is 44.6 Å². The van der Waals surface area contributed by atoms with Crippen LogP contribution < -0.4 is 5.73 Å². The zero-order valence-electron chi connectivity index (χ0n) is 8.71. The van der Waals surface area contributed by atoms with Crippen molar-refractivity contribution in [2.45, 2.75) is 51.1 Å². The van der Waals surface area contributed by atoms with Crippen molar-refractivity contribution in [3.05, 3.63) is 0 Å². The molecule has 1 saturated heterocycles. The van der Waals surface area contributed by atoms with Crippen LogP contribution in [0, 0.1) is 5.92 Å². The molecule has 2 unspecified atom stereocenters. The van der Waals surface area contributed by atoms with Gasteiger partial charge in [0.05, 0.1) is 0 Å². The lowest BCUT2D eigenvalue weighted by atomic mass is 10.1. The minimum atomic E-state index is 0.465. The Hall–Kier alpha value is -0.0800. The molecule has 1 aliphatic carbocycles. The number of nitrogens with two attached hydrogens (primary N) is 1. The van der Waals surface area contributed by atoms with E-state index < -0.39 is 0 Å². The molecule has 1 heterocycles. The lowest BCUT2D eigenvalue weighted by Gasteiger charge is -2.26. The lowest BCUT2D eigenvalue weighted by Crippen LogP contribution is -2.41. The topological polar surface area (TPSA) is 29.3 Å². The van der Waals surface area contributed by atoms with Gasteiger partial charge < -0.3 is 5.73 Å². The number of nitrogens with zero attached hydrogens (tertiary/aromatic N) is 1. The first-order chi connectivity index (χ1) is 6.31. The zero-order valence-corrected chi connectivity index (χ0v) is 8.71. The fourth-order valence-electron chi connectivity index (χ4n) is 2.54. The molecule has 76 valence electrons. The van der Waals surface area contributed by atoms with Gasteiger partial charge in [0.25, 0.3) is 0 Å². The molecule has 1 saturated carbocycles. The Morgan fingerprint density at radius 3 is 2.77 bits per heavy atom. The van der Waals surface area contributed by atoms with E-state index in [2.05, 4.69) is 11.8 Å². The second kappa shape index (κ2) is 3.97. The molecule has 2 atom stereocenters. The van der Waals surface area contributed by atoms with Crippen molar-refractivity contribution in [3.8, 4) is 0 Å². The van der Waals surface area contributed by atoms with E-state index in [1.54, 1.807) is 0 Å². The predicted molar refractivity (Wildman–Crippen MR) is 55.6 cm³/mol. The fraction of sp³-hybridized carbons (Fsp3) is 1.00. The third kappa shape index (κ3) is 2.23. The van der Waals surface area contributed by atoms with Crippen LogP contribution in [0.2, 0.25) is 0 Å². The Labute approximate surface area is 81.5 Å². The Bertz CT molecular complexity index is 165. The first kappa shape index (κ1) is 9.47. The molecule has 0 amide bonds. The summed E-state index contributed by atoms with van der Waals surface area (Å²) in [5.41, 5.74) is 6.13. The van der Waals surface area contributed by atoms with Crippen LogP contribution in [0.5, 0.6) is 0 Å². The van der Waals surface area contributed by atoms with Crippen LogP contribution in [0.1, 0.15) is 39.0 Å². The summed E-state index contributed by atoms with van der Waals surface area (Å²) in [6.07, 6.45) is 6.85. The monoisotopic (exact) mass is 182 g/mol. The fourth-order valence-corrected chi connectivity index (χ4v) is 2.54. The average Bonchev–Trinajstić information content (AvgIpc) is 2.88. The number of hydrogen-bond acceptors (Lipinski definition) is 2. The lowest BCUT2D eigenvalue weighted by molar-refractivity contribution is 0.226. The minimum Gasteiger partial charge on any atom is -0.326 e. The quantitative estimate of drug-likeness (QED) is 0.715. The summed E-state index contributed by atoms with van der Waals surface area (Å²) >= 11 is 0. The van der Waals surface area contributed by atoms with E-state index in [9.17, 15) is 0 Å². The standard InChI is InChI=1S/C11H22N2/c1-2-10-4-3-7-13(10)8-11(12)9-5-6-9/h9-11H,2-8,12H2,1H3. The van der Waals surface area contributed by atoms with Gasteiger partial charge in [-0.3, -0.25) is 4.90 Å². The molecule has 13 heavy (non-hydrogen) atoms. The molecular formula is C11H22N2. The van der Waals surface area contributed by atoms with Crippen LogP contribution in [0.4, 0.5) is 0 Å². The third-order valence-electron chi connectivity index (χ3n) is 3.64. The summed E-state index contributed by atoms with van der Waals surface area (Å²) in [7, 11) is 0. The number of rotatable bonds is 4. The van der Waals surface area contributed by atoms with E-state index in [1.807, 2.05) is 0 Å². The van der Waals surface area contributed by atoms with Crippen molar-refractivity contribution in [1.82, 2.24) is 4.90 Å². The Morgan fingerprint density at radius 2 is 2.15 bits per heavy atom. The molecule has 0 aromatic rings. The van der Waals surface area contributed by atoms with Gasteiger partial charge in [0.15, 0.2) is 0 Å². The van der Waals surface area contributed by atoms with Crippen molar-refractivity contribution < 1.29 is 0 Å². The molecular weight excluding hydrogens is 160 g/mol. The average molecular weight is 182 g/mol. The van der Waals surface area contributed by atoms with Crippen LogP contribution >= 0.6 is 0 Å². The van der Waals surface area contributed by atoms with Crippen LogP contribution in [-0.2, 0) is 0 Å². The molecule has 0 spiro atoms. The zero-order chi connectivity index (χ0) is 9.26. The van der Waals surface area contributed by atoms with Gasteiger partial charge in [0, 0.05) is 18.6 Å². The first-order valence-corrected chi connectivity index (χ1v) is 5.81. The smallest absolute Gasteiger partial charge is 0.0196 e. The van der Waals surface area contributed by atoms with Crippen LogP contribution in [0.15, 0.2) is 0 Å². The summed E-state index contributed by atoms with van der Waals surface area (Å²) in [5, 5.41) is 0. The van der Waals surface area contributed by atoms with Gasteiger partial charge in [-0.15, -0.1) is 0 Å². The van der Waals surface area contributed by atoms with Gasteiger partial charge in [0.2, 0.25) is 0 Å². The van der Waals surface area contributed by atoms with E-state index >= 15 is 0 Å². The molecule has 0 radical (unpaired) electrons. The largest absolute Gasteiger partial charge is 0.326 e. The Balaban J connectivity index is 1.78. The normalized spacial score (nSPS) is 32.3. The molecule has 2 rings (SSSR count). The summed E-state index contributed by atoms with van der Waals surface area (Å²) in [6.45, 7) is 4.74. The van der Waals surface area contributed by atoms with Crippen LogP contribution in [0.3, 0.4) is 0 Å². The predicted octanol–water partition coefficient (Wildman–Crippen LogP) is 1.60. The maximum atomic E-state index is 6.13. The number of hydrogen-bond donors (Lipinski definition) is 1. The maximum Gasteiger partial charge on any atom is 0.0196 e. The van der Waals surface area contributed by atoms with E-state index in [-0.39, 0.29) is 0 Å². The summed E-state index contributed by atoms with van der Waals surface area (Å²) in [5.74, 6) is 0.859. The highest BCUT2D eigenvalue weighted by atomic mass is 15.2. The van der Waals surface area contributed by atoms with Gasteiger partial charge in [0.1, 0.15) is 0 Å². The van der Waals surface area contributed by atoms with Crippen LogP contribution in [0.25, 0.3) is 0 Å². The van der Waals surface area contributed by atoms with E-state index in [1.165, 1.54) is 38.6 Å². The van der Waals surface area contributed by atoms with E-state index in [0.29, 0.717) is 6.04 Å². The Morgan fingerprint density at radius 1 is 1.38 bits per heavy atom. The highest BCUT2D eigenvalue weighted by Crippen LogP contribution is 2.32. The highest BCUT2D eigenvalue weighted by molar-refractivity contribution is 4.89. The molecule has 2 heteroatoms. The van der Waals surface area contributed by atoms with Crippen LogP contribution in [-0.4, -0.2) is 30.1 Å². The summed E-state index contributed by atoms with van der Waals surface area (Å²) in [4.78, 5) is 2.61. The van der Waals surface area contributed by atoms with Crippen molar-refractivity contribution in [1.29, 1.82) is 0 Å². The highest BCUT2D eigenvalue weighted by Gasteiger charge is 2.32. The van der Waals surface area contributed by atoms with Gasteiger partial charge in [-0.1, -0.05) is 6.92 Å². The molecule has 0 aromatic heterocycles. The minimum absolute atomic E-state index is 0.465. The second-order valence-electron chi connectivity index (χ2n) is 4.70. The molecule has 0 bridgehead atoms. The molecule has 2 N–H and O–H groups in total. The van der Waals surface area contributed by atoms with Crippen molar-refractivity contribution in [2.75, 3.05) is 13.1 Å². The van der Waals surface area contributed by atoms with Gasteiger partial charge in [-0.25, -0.2) is 0 Å². The van der Waals surface area contributed by atoms with E-state index in [0.717, 1.165) is 18.5 Å². The molecule has 2 aliphatic rings. The van der Waals surface area contributed by atoms with Gasteiger partial charge >= 0.3 is 0 Å². The third-order valence-corrected chi connectivity index (χ3v) is 3.64. The summed E-state index contributed by atoms with van der Waals surface area (Å²) in [6, 6.07) is 1.30. The van der Waals surface area contributed by atoms with E-state index in [4.69, 9.17) is 5.73 Å². The maximum absolute atomic E-state index is 6.13. The molecule has 1 aliphatic heterocycles. The summed E-state index contributed by atoms with van der Waals surface area (Å²) < 4.78 is 0.